The Bertz CT molecular complexity index is 705. The number of alkyl halides is 3. The average molecular weight is 339 g/mol. The van der Waals surface area contributed by atoms with Gasteiger partial charge in [0.15, 0.2) is 0 Å². The highest BCUT2D eigenvalue weighted by Gasteiger charge is 2.38. The molecule has 1 heterocycles. The predicted molar refractivity (Wildman–Crippen MR) is 71.4 cm³/mol. The lowest BCUT2D eigenvalue weighted by Gasteiger charge is -2.20. The average Bonchev–Trinajstić information content (AvgIpc) is 2.72. The van der Waals surface area contributed by atoms with Crippen LogP contribution in [0.5, 0.6) is 5.75 Å². The number of sulfonamides is 1. The lowest BCUT2D eigenvalue weighted by Crippen LogP contribution is -2.32. The van der Waals surface area contributed by atoms with Crippen LogP contribution >= 0.6 is 0 Å². The molecule has 1 aliphatic heterocycles. The predicted octanol–water partition coefficient (Wildman–Crippen LogP) is 0.561. The maximum atomic E-state index is 12.2. The summed E-state index contributed by atoms with van der Waals surface area (Å²) in [4.78, 5) is 12.8. The van der Waals surface area contributed by atoms with Crippen LogP contribution in [0.4, 0.5) is 24.5 Å². The number of ether oxygens (including phenoxy) is 1. The third-order valence-electron chi connectivity index (χ3n) is 3.08. The standard InChI is InChI=1S/C11H12F3N3O4S/c12-11(13,14)21-6-1-2-8(15)9(3-6)17-5-7(4-10(17)18)22(16,19)20/h1-3,7H,4-5,15H2,(H2,16,19,20). The van der Waals surface area contributed by atoms with Crippen LogP contribution in [0, 0.1) is 0 Å². The van der Waals surface area contributed by atoms with E-state index in [1.165, 1.54) is 0 Å². The van der Waals surface area contributed by atoms with Crippen LogP contribution in [-0.2, 0) is 14.8 Å². The summed E-state index contributed by atoms with van der Waals surface area (Å²) < 4.78 is 63.0. The van der Waals surface area contributed by atoms with Crippen molar-refractivity contribution in [2.24, 2.45) is 5.14 Å². The van der Waals surface area contributed by atoms with Gasteiger partial charge in [0, 0.05) is 19.0 Å². The van der Waals surface area contributed by atoms with E-state index in [1.807, 2.05) is 0 Å². The molecule has 1 aromatic rings. The van der Waals surface area contributed by atoms with Gasteiger partial charge in [-0.2, -0.15) is 0 Å². The normalized spacial score (nSPS) is 19.5. The summed E-state index contributed by atoms with van der Waals surface area (Å²) in [5.74, 6) is -1.17. The molecule has 1 aliphatic rings. The van der Waals surface area contributed by atoms with Crippen LogP contribution in [0.25, 0.3) is 0 Å². The lowest BCUT2D eigenvalue weighted by atomic mass is 10.2. The van der Waals surface area contributed by atoms with Gasteiger partial charge in [0.25, 0.3) is 0 Å². The van der Waals surface area contributed by atoms with E-state index in [-0.39, 0.29) is 24.3 Å². The molecule has 0 radical (unpaired) electrons. The zero-order valence-electron chi connectivity index (χ0n) is 11.0. The molecule has 1 saturated heterocycles. The second kappa shape index (κ2) is 5.32. The first-order valence-electron chi connectivity index (χ1n) is 5.94. The molecule has 0 spiro atoms. The molecule has 0 bridgehead atoms. The third-order valence-corrected chi connectivity index (χ3v) is 4.33. The number of benzene rings is 1. The molecular weight excluding hydrogens is 327 g/mol. The number of anilines is 2. The van der Waals surface area contributed by atoms with E-state index in [0.717, 1.165) is 23.1 Å². The molecule has 2 rings (SSSR count). The van der Waals surface area contributed by atoms with Gasteiger partial charge in [-0.25, -0.2) is 13.6 Å². The fourth-order valence-corrected chi connectivity index (χ4v) is 2.81. The number of nitrogen functional groups attached to an aromatic ring is 1. The van der Waals surface area contributed by atoms with Crippen molar-refractivity contribution in [3.63, 3.8) is 0 Å². The summed E-state index contributed by atoms with van der Waals surface area (Å²) in [6.07, 6.45) is -5.26. The van der Waals surface area contributed by atoms with E-state index in [1.54, 1.807) is 0 Å². The Labute approximate surface area is 123 Å². The highest BCUT2D eigenvalue weighted by Crippen LogP contribution is 2.34. The Morgan fingerprint density at radius 3 is 2.45 bits per heavy atom. The summed E-state index contributed by atoms with van der Waals surface area (Å²) >= 11 is 0. The van der Waals surface area contributed by atoms with Gasteiger partial charge in [-0.15, -0.1) is 13.2 Å². The largest absolute Gasteiger partial charge is 0.573 e. The summed E-state index contributed by atoms with van der Waals surface area (Å²) in [5, 5.41) is 3.85. The van der Waals surface area contributed by atoms with Crippen molar-refractivity contribution < 1.29 is 31.1 Å². The van der Waals surface area contributed by atoms with Gasteiger partial charge in [-0.05, 0) is 12.1 Å². The molecular formula is C11H12F3N3O4S. The molecule has 1 aromatic carbocycles. The number of carbonyl (C=O) groups is 1. The van der Waals surface area contributed by atoms with E-state index >= 15 is 0 Å². The van der Waals surface area contributed by atoms with Gasteiger partial charge in [-0.3, -0.25) is 4.79 Å². The minimum atomic E-state index is -4.90. The highest BCUT2D eigenvalue weighted by molar-refractivity contribution is 7.89. The Hall–Kier alpha value is -2.01. The minimum Gasteiger partial charge on any atom is -0.406 e. The number of carbonyl (C=O) groups excluding carboxylic acids is 1. The van der Waals surface area contributed by atoms with Crippen LogP contribution in [0.15, 0.2) is 18.2 Å². The smallest absolute Gasteiger partial charge is 0.406 e. The number of nitrogens with two attached hydrogens (primary N) is 2. The zero-order valence-corrected chi connectivity index (χ0v) is 11.8. The Kier molecular flexibility index (Phi) is 3.96. The van der Waals surface area contributed by atoms with Crippen molar-refractivity contribution in [3.8, 4) is 5.75 Å². The van der Waals surface area contributed by atoms with Crippen LogP contribution in [-0.4, -0.2) is 32.5 Å². The van der Waals surface area contributed by atoms with Crippen molar-refractivity contribution in [1.82, 2.24) is 0 Å². The first-order valence-corrected chi connectivity index (χ1v) is 7.55. The fourth-order valence-electron chi connectivity index (χ4n) is 2.08. The monoisotopic (exact) mass is 339 g/mol. The molecule has 1 amide bonds. The number of halogens is 3. The molecule has 1 fully saturated rings. The van der Waals surface area contributed by atoms with Gasteiger partial charge in [0.05, 0.1) is 11.4 Å². The molecule has 4 N–H and O–H groups in total. The van der Waals surface area contributed by atoms with E-state index < -0.39 is 33.3 Å². The second-order valence-corrected chi connectivity index (χ2v) is 6.53. The first kappa shape index (κ1) is 16.4. The highest BCUT2D eigenvalue weighted by atomic mass is 32.2. The maximum absolute atomic E-state index is 12.2. The SMILES string of the molecule is Nc1ccc(OC(F)(F)F)cc1N1CC(S(N)(=O)=O)CC1=O. The van der Waals surface area contributed by atoms with Crippen molar-refractivity contribution in [3.05, 3.63) is 18.2 Å². The fraction of sp³-hybridized carbons (Fsp3) is 0.364. The molecule has 122 valence electrons. The summed E-state index contributed by atoms with van der Waals surface area (Å²) in [6.45, 7) is -0.280. The first-order chi connectivity index (χ1) is 9.97. The van der Waals surface area contributed by atoms with Crippen molar-refractivity contribution >= 4 is 27.3 Å². The number of hydrogen-bond acceptors (Lipinski definition) is 5. The molecule has 0 saturated carbocycles. The van der Waals surface area contributed by atoms with Crippen LogP contribution in [0.1, 0.15) is 6.42 Å². The van der Waals surface area contributed by atoms with Crippen molar-refractivity contribution in [1.29, 1.82) is 0 Å². The van der Waals surface area contributed by atoms with Gasteiger partial charge in [-0.1, -0.05) is 0 Å². The van der Waals surface area contributed by atoms with Crippen LogP contribution in [0.2, 0.25) is 0 Å². The molecule has 22 heavy (non-hydrogen) atoms. The number of hydrogen-bond donors (Lipinski definition) is 2. The topological polar surface area (TPSA) is 116 Å². The van der Waals surface area contributed by atoms with E-state index in [0.29, 0.717) is 0 Å². The van der Waals surface area contributed by atoms with Gasteiger partial charge >= 0.3 is 6.36 Å². The van der Waals surface area contributed by atoms with E-state index in [4.69, 9.17) is 10.9 Å². The molecule has 11 heteroatoms. The zero-order chi connectivity index (χ0) is 16.7. The summed E-state index contributed by atoms with van der Waals surface area (Å²) in [7, 11) is -3.94. The lowest BCUT2D eigenvalue weighted by molar-refractivity contribution is -0.274. The Morgan fingerprint density at radius 2 is 1.95 bits per heavy atom. The molecule has 7 nitrogen and oxygen atoms in total. The number of rotatable bonds is 3. The van der Waals surface area contributed by atoms with E-state index in [2.05, 4.69) is 4.74 Å². The molecule has 0 aliphatic carbocycles. The van der Waals surface area contributed by atoms with Gasteiger partial charge in [0.1, 0.15) is 11.0 Å². The number of amides is 1. The molecule has 0 aromatic heterocycles. The summed E-state index contributed by atoms with van der Waals surface area (Å²) in [6, 6.07) is 3.05. The quantitative estimate of drug-likeness (QED) is 0.781. The molecule has 1 atom stereocenters. The third kappa shape index (κ3) is 3.60. The number of primary sulfonamides is 1. The minimum absolute atomic E-state index is 0.0120. The van der Waals surface area contributed by atoms with Gasteiger partial charge in [0.2, 0.25) is 15.9 Å². The van der Waals surface area contributed by atoms with Crippen LogP contribution in [0.3, 0.4) is 0 Å². The Morgan fingerprint density at radius 1 is 1.32 bits per heavy atom. The maximum Gasteiger partial charge on any atom is 0.573 e. The molecule has 1 unspecified atom stereocenters. The van der Waals surface area contributed by atoms with E-state index in [9.17, 15) is 26.4 Å². The summed E-state index contributed by atoms with van der Waals surface area (Å²) in [5.41, 5.74) is 5.59. The van der Waals surface area contributed by atoms with Gasteiger partial charge < -0.3 is 15.4 Å². The number of nitrogens with zero attached hydrogens (tertiary/aromatic N) is 1. The van der Waals surface area contributed by atoms with Crippen molar-refractivity contribution in [2.45, 2.75) is 18.0 Å². The van der Waals surface area contributed by atoms with Crippen LogP contribution < -0.4 is 20.5 Å². The Balaban J connectivity index is 2.32. The second-order valence-electron chi connectivity index (χ2n) is 4.69. The van der Waals surface area contributed by atoms with Crippen molar-refractivity contribution in [2.75, 3.05) is 17.2 Å².